The normalized spacial score (nSPS) is 20.2. The topological polar surface area (TPSA) is 91.5 Å². The zero-order valence-electron chi connectivity index (χ0n) is 15.4. The van der Waals surface area contributed by atoms with E-state index in [1.807, 2.05) is 32.0 Å². The molecule has 0 saturated carbocycles. The SMILES string of the molecule is Cc1noc(C)c1CCC(=O)NC[C@@]1(O)CCCN(c2ccccn2)C1. The van der Waals surface area contributed by atoms with Crippen LogP contribution in [0.15, 0.2) is 28.9 Å². The molecule has 3 heterocycles. The number of nitrogens with one attached hydrogen (secondary N) is 1. The van der Waals surface area contributed by atoms with Crippen molar-refractivity contribution in [2.75, 3.05) is 24.5 Å². The van der Waals surface area contributed by atoms with E-state index in [4.69, 9.17) is 4.52 Å². The molecule has 1 amide bonds. The minimum atomic E-state index is -0.936. The number of aliphatic hydroxyl groups is 1. The number of piperidine rings is 1. The average Bonchev–Trinajstić information content (AvgIpc) is 2.97. The van der Waals surface area contributed by atoms with Crippen LogP contribution < -0.4 is 10.2 Å². The predicted octanol–water partition coefficient (Wildman–Crippen LogP) is 1.77. The highest BCUT2D eigenvalue weighted by molar-refractivity contribution is 5.76. The summed E-state index contributed by atoms with van der Waals surface area (Å²) in [5.41, 5.74) is 0.874. The van der Waals surface area contributed by atoms with Crippen LogP contribution in [0.4, 0.5) is 5.82 Å². The molecular formula is C19H26N4O3. The molecule has 1 fully saturated rings. The summed E-state index contributed by atoms with van der Waals surface area (Å²) in [6, 6.07) is 5.75. The predicted molar refractivity (Wildman–Crippen MR) is 97.9 cm³/mol. The summed E-state index contributed by atoms with van der Waals surface area (Å²) in [4.78, 5) is 18.6. The molecule has 1 aliphatic rings. The summed E-state index contributed by atoms with van der Waals surface area (Å²) in [6.45, 7) is 5.30. The van der Waals surface area contributed by atoms with Gasteiger partial charge in [-0.05, 0) is 45.2 Å². The number of aryl methyl sites for hydroxylation is 2. The molecule has 1 saturated heterocycles. The molecule has 0 radical (unpaired) electrons. The van der Waals surface area contributed by atoms with Gasteiger partial charge in [0, 0.05) is 37.8 Å². The number of pyridine rings is 1. The number of amides is 1. The second kappa shape index (κ2) is 7.86. The maximum absolute atomic E-state index is 12.2. The van der Waals surface area contributed by atoms with Crippen LogP contribution in [0.2, 0.25) is 0 Å². The van der Waals surface area contributed by atoms with Crippen molar-refractivity contribution in [2.24, 2.45) is 0 Å². The Bertz CT molecular complexity index is 727. The van der Waals surface area contributed by atoms with Crippen LogP contribution in [0.3, 0.4) is 0 Å². The Hall–Kier alpha value is -2.41. The lowest BCUT2D eigenvalue weighted by atomic mass is 9.92. The second-order valence-corrected chi connectivity index (χ2v) is 7.02. The van der Waals surface area contributed by atoms with Gasteiger partial charge in [0.2, 0.25) is 5.91 Å². The second-order valence-electron chi connectivity index (χ2n) is 7.02. The number of hydrogen-bond donors (Lipinski definition) is 2. The van der Waals surface area contributed by atoms with Crippen LogP contribution in [-0.2, 0) is 11.2 Å². The Morgan fingerprint density at radius 3 is 2.96 bits per heavy atom. The molecule has 140 valence electrons. The van der Waals surface area contributed by atoms with Crippen molar-refractivity contribution in [3.63, 3.8) is 0 Å². The molecule has 7 heteroatoms. The Morgan fingerprint density at radius 2 is 2.27 bits per heavy atom. The van der Waals surface area contributed by atoms with Crippen LogP contribution >= 0.6 is 0 Å². The average molecular weight is 358 g/mol. The fourth-order valence-corrected chi connectivity index (χ4v) is 3.44. The van der Waals surface area contributed by atoms with Crippen molar-refractivity contribution >= 4 is 11.7 Å². The Balaban J connectivity index is 1.50. The molecule has 7 nitrogen and oxygen atoms in total. The van der Waals surface area contributed by atoms with E-state index >= 15 is 0 Å². The molecule has 2 aromatic rings. The molecule has 26 heavy (non-hydrogen) atoms. The summed E-state index contributed by atoms with van der Waals surface area (Å²) in [7, 11) is 0. The highest BCUT2D eigenvalue weighted by atomic mass is 16.5. The van der Waals surface area contributed by atoms with Crippen molar-refractivity contribution < 1.29 is 14.4 Å². The van der Waals surface area contributed by atoms with E-state index in [-0.39, 0.29) is 12.5 Å². The molecule has 0 unspecified atom stereocenters. The first-order valence-corrected chi connectivity index (χ1v) is 9.04. The van der Waals surface area contributed by atoms with Crippen molar-refractivity contribution in [2.45, 2.75) is 45.1 Å². The fourth-order valence-electron chi connectivity index (χ4n) is 3.44. The molecule has 0 spiro atoms. The molecule has 0 aromatic carbocycles. The third kappa shape index (κ3) is 4.40. The molecule has 3 rings (SSSR count). The number of aromatic nitrogens is 2. The van der Waals surface area contributed by atoms with Gasteiger partial charge in [0.1, 0.15) is 11.6 Å². The summed E-state index contributed by atoms with van der Waals surface area (Å²) in [5, 5.41) is 17.7. The number of nitrogens with zero attached hydrogens (tertiary/aromatic N) is 3. The first-order chi connectivity index (χ1) is 12.5. The van der Waals surface area contributed by atoms with Crippen molar-refractivity contribution in [1.29, 1.82) is 0 Å². The van der Waals surface area contributed by atoms with Crippen molar-refractivity contribution in [1.82, 2.24) is 15.5 Å². The summed E-state index contributed by atoms with van der Waals surface area (Å²) in [6.07, 6.45) is 4.22. The number of hydrogen-bond acceptors (Lipinski definition) is 6. The lowest BCUT2D eigenvalue weighted by molar-refractivity contribution is -0.122. The quantitative estimate of drug-likeness (QED) is 0.818. The Kier molecular flexibility index (Phi) is 5.56. The van der Waals surface area contributed by atoms with Crippen molar-refractivity contribution in [3.05, 3.63) is 41.4 Å². The van der Waals surface area contributed by atoms with Crippen LogP contribution in [0.25, 0.3) is 0 Å². The van der Waals surface area contributed by atoms with E-state index in [0.717, 1.165) is 35.8 Å². The number of β-amino-alcohol motifs (C(OH)–C–C–N with tert-alkyl or cyclic N) is 1. The highest BCUT2D eigenvalue weighted by Crippen LogP contribution is 2.24. The van der Waals surface area contributed by atoms with Gasteiger partial charge in [0.15, 0.2) is 0 Å². The molecule has 1 aliphatic heterocycles. The smallest absolute Gasteiger partial charge is 0.220 e. The Labute approximate surface area is 153 Å². The van der Waals surface area contributed by atoms with Crippen LogP contribution in [0, 0.1) is 13.8 Å². The van der Waals surface area contributed by atoms with Gasteiger partial charge in [-0.2, -0.15) is 0 Å². The largest absolute Gasteiger partial charge is 0.386 e. The van der Waals surface area contributed by atoms with Gasteiger partial charge in [0.05, 0.1) is 11.3 Å². The Morgan fingerprint density at radius 1 is 1.42 bits per heavy atom. The summed E-state index contributed by atoms with van der Waals surface area (Å²) < 4.78 is 5.12. The maximum atomic E-state index is 12.2. The van der Waals surface area contributed by atoms with Gasteiger partial charge in [-0.15, -0.1) is 0 Å². The van der Waals surface area contributed by atoms with E-state index in [9.17, 15) is 9.90 Å². The highest BCUT2D eigenvalue weighted by Gasteiger charge is 2.34. The first kappa shape index (κ1) is 18.4. The lowest BCUT2D eigenvalue weighted by Crippen LogP contribution is -2.54. The van der Waals surface area contributed by atoms with Crippen molar-refractivity contribution in [3.8, 4) is 0 Å². The van der Waals surface area contributed by atoms with Gasteiger partial charge in [0.25, 0.3) is 0 Å². The summed E-state index contributed by atoms with van der Waals surface area (Å²) >= 11 is 0. The van der Waals surface area contributed by atoms with E-state index in [1.165, 1.54) is 0 Å². The van der Waals surface area contributed by atoms with E-state index < -0.39 is 5.60 Å². The monoisotopic (exact) mass is 358 g/mol. The lowest BCUT2D eigenvalue weighted by Gasteiger charge is -2.39. The van der Waals surface area contributed by atoms with Gasteiger partial charge < -0.3 is 19.8 Å². The third-order valence-corrected chi connectivity index (χ3v) is 4.93. The zero-order chi connectivity index (χ0) is 18.6. The summed E-state index contributed by atoms with van der Waals surface area (Å²) in [5.74, 6) is 1.54. The minimum Gasteiger partial charge on any atom is -0.386 e. The standard InChI is InChI=1S/C19H26N4O3/c1-14-16(15(2)26-22-14)7-8-18(24)21-12-19(25)9-5-11-23(13-19)17-6-3-4-10-20-17/h3-4,6,10,25H,5,7-9,11-13H2,1-2H3,(H,21,24)/t19-/m0/s1. The molecular weight excluding hydrogens is 332 g/mol. The minimum absolute atomic E-state index is 0.0756. The van der Waals surface area contributed by atoms with E-state index in [1.54, 1.807) is 6.20 Å². The number of carbonyl (C=O) groups is 1. The number of anilines is 1. The fraction of sp³-hybridized carbons (Fsp3) is 0.526. The van der Waals surface area contributed by atoms with Gasteiger partial charge in [-0.25, -0.2) is 4.98 Å². The zero-order valence-corrected chi connectivity index (χ0v) is 15.4. The van der Waals surface area contributed by atoms with Gasteiger partial charge in [-0.1, -0.05) is 11.2 Å². The molecule has 2 aromatic heterocycles. The van der Waals surface area contributed by atoms with Crippen LogP contribution in [0.1, 0.15) is 36.3 Å². The molecule has 0 aliphatic carbocycles. The maximum Gasteiger partial charge on any atom is 0.220 e. The van der Waals surface area contributed by atoms with Crippen LogP contribution in [-0.4, -0.2) is 46.4 Å². The molecule has 0 bridgehead atoms. The van der Waals surface area contributed by atoms with E-state index in [0.29, 0.717) is 25.8 Å². The third-order valence-electron chi connectivity index (χ3n) is 4.93. The molecule has 2 N–H and O–H groups in total. The molecule has 1 atom stereocenters. The number of carbonyl (C=O) groups excluding carboxylic acids is 1. The van der Waals surface area contributed by atoms with E-state index in [2.05, 4.69) is 20.4 Å². The number of rotatable bonds is 6. The first-order valence-electron chi connectivity index (χ1n) is 9.04. The van der Waals surface area contributed by atoms with Gasteiger partial charge >= 0.3 is 0 Å². The van der Waals surface area contributed by atoms with Gasteiger partial charge in [-0.3, -0.25) is 4.79 Å². The van der Waals surface area contributed by atoms with Crippen LogP contribution in [0.5, 0.6) is 0 Å².